The van der Waals surface area contributed by atoms with Crippen LogP contribution in [-0.2, 0) is 13.0 Å². The molecule has 1 atom stereocenters. The highest BCUT2D eigenvalue weighted by Gasteiger charge is 2.26. The number of aryl methyl sites for hydroxylation is 1. The smallest absolute Gasteiger partial charge is 0.131 e. The van der Waals surface area contributed by atoms with Crippen LogP contribution in [0.4, 0.5) is 4.39 Å². The molecule has 0 unspecified atom stereocenters. The van der Waals surface area contributed by atoms with Crippen molar-refractivity contribution in [2.24, 2.45) is 0 Å². The lowest BCUT2D eigenvalue weighted by Crippen LogP contribution is -2.25. The first-order valence-electron chi connectivity index (χ1n) is 8.12. The molecule has 114 valence electrons. The molecule has 1 aromatic heterocycles. The molecule has 2 aliphatic rings. The molecule has 1 heterocycles. The van der Waals surface area contributed by atoms with Crippen molar-refractivity contribution in [1.29, 1.82) is 0 Å². The molecule has 22 heavy (non-hydrogen) atoms. The Kier molecular flexibility index (Phi) is 3.62. The van der Waals surface area contributed by atoms with Gasteiger partial charge >= 0.3 is 0 Å². The van der Waals surface area contributed by atoms with Gasteiger partial charge in [0.1, 0.15) is 11.6 Å². The van der Waals surface area contributed by atoms with Crippen molar-refractivity contribution in [3.05, 3.63) is 58.9 Å². The number of rotatable bonds is 4. The summed E-state index contributed by atoms with van der Waals surface area (Å²) in [5.41, 5.74) is 3.47. The first-order chi connectivity index (χ1) is 10.8. The molecule has 4 rings (SSSR count). The lowest BCUT2D eigenvalue weighted by atomic mass is 9.87. The number of halogens is 1. The van der Waals surface area contributed by atoms with Crippen LogP contribution in [0.25, 0.3) is 0 Å². The standard InChI is InChI=1S/C18H20FN3/c19-15-7-6-13-2-1-3-17(16(13)8-15)20-9-12-10-21-18(22-11-12)14-4-5-14/h6-8,10-11,14,17,20H,1-5,9H2/t17-/m0/s1. The number of hydrogen-bond donors (Lipinski definition) is 1. The molecule has 0 radical (unpaired) electrons. The van der Waals surface area contributed by atoms with E-state index in [9.17, 15) is 4.39 Å². The van der Waals surface area contributed by atoms with Gasteiger partial charge < -0.3 is 5.32 Å². The fourth-order valence-electron chi connectivity index (χ4n) is 3.23. The summed E-state index contributed by atoms with van der Waals surface area (Å²) in [5.74, 6) is 1.42. The van der Waals surface area contributed by atoms with Crippen molar-refractivity contribution >= 4 is 0 Å². The molecule has 0 spiro atoms. The van der Waals surface area contributed by atoms with Crippen molar-refractivity contribution < 1.29 is 4.39 Å². The van der Waals surface area contributed by atoms with E-state index in [2.05, 4.69) is 15.3 Å². The first-order valence-corrected chi connectivity index (χ1v) is 8.12. The van der Waals surface area contributed by atoms with Crippen LogP contribution in [0.1, 0.15) is 60.2 Å². The minimum atomic E-state index is -0.149. The average molecular weight is 297 g/mol. The Labute approximate surface area is 130 Å². The summed E-state index contributed by atoms with van der Waals surface area (Å²) in [4.78, 5) is 8.90. The number of nitrogens with zero attached hydrogens (tertiary/aromatic N) is 2. The SMILES string of the molecule is Fc1ccc2c(c1)[C@@H](NCc1cnc(C3CC3)nc1)CCC2. The van der Waals surface area contributed by atoms with Crippen LogP contribution >= 0.6 is 0 Å². The average Bonchev–Trinajstić information content (AvgIpc) is 3.38. The molecule has 0 saturated heterocycles. The summed E-state index contributed by atoms with van der Waals surface area (Å²) in [5, 5.41) is 3.54. The van der Waals surface area contributed by atoms with E-state index < -0.39 is 0 Å². The molecular formula is C18H20FN3. The number of hydrogen-bond acceptors (Lipinski definition) is 3. The van der Waals surface area contributed by atoms with Crippen LogP contribution in [-0.4, -0.2) is 9.97 Å². The molecule has 0 aliphatic heterocycles. The summed E-state index contributed by atoms with van der Waals surface area (Å²) in [6, 6.07) is 5.39. The maximum absolute atomic E-state index is 13.5. The van der Waals surface area contributed by atoms with Gasteiger partial charge in [0.25, 0.3) is 0 Å². The van der Waals surface area contributed by atoms with Crippen LogP contribution in [0.5, 0.6) is 0 Å². The number of benzene rings is 1. The Balaban J connectivity index is 1.44. The molecule has 0 bridgehead atoms. The summed E-state index contributed by atoms with van der Waals surface area (Å²) in [7, 11) is 0. The van der Waals surface area contributed by atoms with E-state index >= 15 is 0 Å². The van der Waals surface area contributed by atoms with Crippen LogP contribution in [0, 0.1) is 5.82 Å². The van der Waals surface area contributed by atoms with Gasteiger partial charge in [0.2, 0.25) is 0 Å². The summed E-state index contributed by atoms with van der Waals surface area (Å²) in [6.45, 7) is 0.728. The topological polar surface area (TPSA) is 37.8 Å². The highest BCUT2D eigenvalue weighted by molar-refractivity contribution is 5.33. The molecule has 1 fully saturated rings. The lowest BCUT2D eigenvalue weighted by molar-refractivity contribution is 0.455. The van der Waals surface area contributed by atoms with E-state index in [1.165, 1.54) is 18.4 Å². The van der Waals surface area contributed by atoms with Gasteiger partial charge in [-0.25, -0.2) is 14.4 Å². The fraction of sp³-hybridized carbons (Fsp3) is 0.444. The molecule has 2 aliphatic carbocycles. The van der Waals surface area contributed by atoms with Crippen molar-refractivity contribution in [3.63, 3.8) is 0 Å². The Morgan fingerprint density at radius 3 is 2.73 bits per heavy atom. The zero-order valence-electron chi connectivity index (χ0n) is 12.6. The number of nitrogens with one attached hydrogen (secondary N) is 1. The fourth-order valence-corrected chi connectivity index (χ4v) is 3.23. The maximum atomic E-state index is 13.5. The molecule has 4 heteroatoms. The predicted molar refractivity (Wildman–Crippen MR) is 82.9 cm³/mol. The van der Waals surface area contributed by atoms with Crippen molar-refractivity contribution in [2.45, 2.75) is 50.6 Å². The molecule has 1 N–H and O–H groups in total. The zero-order chi connectivity index (χ0) is 14.9. The Hall–Kier alpha value is -1.81. The second-order valence-electron chi connectivity index (χ2n) is 6.39. The van der Waals surface area contributed by atoms with Crippen molar-refractivity contribution in [1.82, 2.24) is 15.3 Å². The van der Waals surface area contributed by atoms with Gasteiger partial charge in [-0.3, -0.25) is 0 Å². The van der Waals surface area contributed by atoms with Gasteiger partial charge in [-0.1, -0.05) is 6.07 Å². The zero-order valence-corrected chi connectivity index (χ0v) is 12.6. The quantitative estimate of drug-likeness (QED) is 0.936. The van der Waals surface area contributed by atoms with E-state index in [-0.39, 0.29) is 11.9 Å². The van der Waals surface area contributed by atoms with E-state index in [0.717, 1.165) is 42.8 Å². The summed E-state index contributed by atoms with van der Waals surface area (Å²) >= 11 is 0. The second kappa shape index (κ2) is 5.76. The maximum Gasteiger partial charge on any atom is 0.131 e. The number of aromatic nitrogens is 2. The Morgan fingerprint density at radius 1 is 1.14 bits per heavy atom. The van der Waals surface area contributed by atoms with Gasteiger partial charge in [-0.05, 0) is 55.4 Å². The third-order valence-corrected chi connectivity index (χ3v) is 4.64. The van der Waals surface area contributed by atoms with Gasteiger partial charge in [0, 0.05) is 36.5 Å². The van der Waals surface area contributed by atoms with Crippen molar-refractivity contribution in [2.75, 3.05) is 0 Å². The van der Waals surface area contributed by atoms with Gasteiger partial charge in [0.05, 0.1) is 0 Å². The molecule has 1 aromatic carbocycles. The third-order valence-electron chi connectivity index (χ3n) is 4.64. The van der Waals surface area contributed by atoms with E-state index in [4.69, 9.17) is 0 Å². The minimum Gasteiger partial charge on any atom is -0.306 e. The predicted octanol–water partition coefficient (Wildman–Crippen LogP) is 3.66. The Bertz CT molecular complexity index is 665. The van der Waals surface area contributed by atoms with E-state index in [1.807, 2.05) is 18.5 Å². The largest absolute Gasteiger partial charge is 0.306 e. The van der Waals surface area contributed by atoms with Gasteiger partial charge in [-0.2, -0.15) is 0 Å². The molecule has 0 amide bonds. The lowest BCUT2D eigenvalue weighted by Gasteiger charge is -2.26. The van der Waals surface area contributed by atoms with E-state index in [1.54, 1.807) is 12.1 Å². The molecule has 1 saturated carbocycles. The van der Waals surface area contributed by atoms with Crippen molar-refractivity contribution in [3.8, 4) is 0 Å². The van der Waals surface area contributed by atoms with Crippen LogP contribution in [0.3, 0.4) is 0 Å². The van der Waals surface area contributed by atoms with Crippen LogP contribution < -0.4 is 5.32 Å². The van der Waals surface area contributed by atoms with Crippen LogP contribution in [0.2, 0.25) is 0 Å². The highest BCUT2D eigenvalue weighted by atomic mass is 19.1. The van der Waals surface area contributed by atoms with Crippen LogP contribution in [0.15, 0.2) is 30.6 Å². The van der Waals surface area contributed by atoms with E-state index in [0.29, 0.717) is 5.92 Å². The van der Waals surface area contributed by atoms with Gasteiger partial charge in [0.15, 0.2) is 0 Å². The second-order valence-corrected chi connectivity index (χ2v) is 6.39. The molecule has 2 aromatic rings. The monoisotopic (exact) mass is 297 g/mol. The Morgan fingerprint density at radius 2 is 1.95 bits per heavy atom. The van der Waals surface area contributed by atoms with Gasteiger partial charge in [-0.15, -0.1) is 0 Å². The first kappa shape index (κ1) is 13.8. The normalized spacial score (nSPS) is 20.7. The molecular weight excluding hydrogens is 277 g/mol. The third kappa shape index (κ3) is 2.88. The minimum absolute atomic E-state index is 0.149. The molecule has 3 nitrogen and oxygen atoms in total. The summed E-state index contributed by atoms with van der Waals surface area (Å²) in [6.07, 6.45) is 9.54. The highest BCUT2D eigenvalue weighted by Crippen LogP contribution is 2.37. The summed E-state index contributed by atoms with van der Waals surface area (Å²) < 4.78 is 13.5. The number of fused-ring (bicyclic) bond motifs is 1.